The number of hydrogen-bond acceptors (Lipinski definition) is 2. The Morgan fingerprint density at radius 2 is 0.764 bits per heavy atom. The first kappa shape index (κ1) is 31.6. The van der Waals surface area contributed by atoms with Gasteiger partial charge in [0.2, 0.25) is 0 Å². The molecule has 0 aliphatic heterocycles. The predicted octanol–water partition coefficient (Wildman–Crippen LogP) is 14.1. The second-order valence-electron chi connectivity index (χ2n) is 15.3. The van der Waals surface area contributed by atoms with Crippen molar-refractivity contribution in [1.82, 2.24) is 9.97 Å². The normalized spacial score (nSPS) is 13.1. The number of nitrogens with zero attached hydrogens (tertiary/aromatic N) is 2. The van der Waals surface area contributed by atoms with Gasteiger partial charge in [0, 0.05) is 22.1 Å². The van der Waals surface area contributed by atoms with Crippen molar-refractivity contribution in [2.45, 2.75) is 19.3 Å². The van der Waals surface area contributed by atoms with Crippen LogP contribution in [0.2, 0.25) is 0 Å². The number of fused-ring (bicyclic) bond motifs is 7. The molecule has 55 heavy (non-hydrogen) atoms. The van der Waals surface area contributed by atoms with Gasteiger partial charge in [0.1, 0.15) is 0 Å². The Kier molecular flexibility index (Phi) is 6.93. The van der Waals surface area contributed by atoms with Crippen molar-refractivity contribution in [3.05, 3.63) is 193 Å². The van der Waals surface area contributed by atoms with Crippen LogP contribution in [0.15, 0.2) is 182 Å². The zero-order valence-corrected chi connectivity index (χ0v) is 30.7. The molecule has 0 spiro atoms. The van der Waals surface area contributed by atoms with E-state index in [-0.39, 0.29) is 5.41 Å². The Hall–Kier alpha value is -6.90. The summed E-state index contributed by atoms with van der Waals surface area (Å²) in [5.41, 5.74) is 12.8. The first-order chi connectivity index (χ1) is 27.0. The molecule has 0 saturated heterocycles. The SMILES string of the molecule is CC1(C)c2cc3ccccc3cc2-c2cccc(-c3ccc(-c4nc(-c5cccc6ccccc56)cc(-c5cccc6ccccc56)n4)c4ccccc34)c21. The maximum atomic E-state index is 5.41. The summed E-state index contributed by atoms with van der Waals surface area (Å²) < 4.78 is 0. The van der Waals surface area contributed by atoms with E-state index in [1.807, 2.05) is 0 Å². The van der Waals surface area contributed by atoms with Crippen LogP contribution in [-0.4, -0.2) is 9.97 Å². The van der Waals surface area contributed by atoms with E-state index in [0.29, 0.717) is 5.82 Å². The van der Waals surface area contributed by atoms with E-state index in [1.54, 1.807) is 0 Å². The van der Waals surface area contributed by atoms with Crippen LogP contribution >= 0.6 is 0 Å². The molecule has 10 aromatic rings. The van der Waals surface area contributed by atoms with Gasteiger partial charge in [-0.25, -0.2) is 9.97 Å². The fourth-order valence-corrected chi connectivity index (χ4v) is 9.26. The van der Waals surface area contributed by atoms with E-state index in [9.17, 15) is 0 Å². The molecule has 1 aliphatic rings. The Bertz CT molecular complexity index is 3080. The lowest BCUT2D eigenvalue weighted by atomic mass is 9.78. The van der Waals surface area contributed by atoms with E-state index in [2.05, 4.69) is 196 Å². The Morgan fingerprint density at radius 1 is 0.327 bits per heavy atom. The van der Waals surface area contributed by atoms with Crippen molar-refractivity contribution in [3.8, 4) is 56.2 Å². The molecule has 0 fully saturated rings. The molecule has 0 saturated carbocycles. The second-order valence-corrected chi connectivity index (χ2v) is 15.3. The highest BCUT2D eigenvalue weighted by Gasteiger charge is 2.38. The molecule has 0 atom stereocenters. The third-order valence-electron chi connectivity index (χ3n) is 11.9. The summed E-state index contributed by atoms with van der Waals surface area (Å²) in [4.78, 5) is 10.8. The van der Waals surface area contributed by atoms with Gasteiger partial charge in [-0.05, 0) is 101 Å². The van der Waals surface area contributed by atoms with Gasteiger partial charge in [0.25, 0.3) is 0 Å². The summed E-state index contributed by atoms with van der Waals surface area (Å²) in [6.07, 6.45) is 0. The van der Waals surface area contributed by atoms with Crippen molar-refractivity contribution in [1.29, 1.82) is 0 Å². The smallest absolute Gasteiger partial charge is 0.161 e. The van der Waals surface area contributed by atoms with Crippen molar-refractivity contribution >= 4 is 43.1 Å². The molecule has 0 bridgehead atoms. The molecule has 9 aromatic carbocycles. The maximum Gasteiger partial charge on any atom is 0.161 e. The molecule has 11 rings (SSSR count). The highest BCUT2D eigenvalue weighted by molar-refractivity contribution is 6.07. The molecule has 0 radical (unpaired) electrons. The summed E-state index contributed by atoms with van der Waals surface area (Å²) in [5, 5.41) is 9.62. The summed E-state index contributed by atoms with van der Waals surface area (Å²) in [5.74, 6) is 0.717. The van der Waals surface area contributed by atoms with Gasteiger partial charge in [0.05, 0.1) is 11.4 Å². The Labute approximate surface area is 320 Å². The standard InChI is InChI=1S/C53H36N2/c1-53(2)48-31-36-17-4-3-16-35(36)30-47(48)45-27-13-26-44(51(45)53)41-28-29-46(40-23-10-9-22-39(40)41)52-54-49(42-24-11-18-33-14-5-7-20-37(33)42)32-50(55-52)43-25-12-19-34-15-6-8-21-38(34)43/h3-32H,1-2H3. The topological polar surface area (TPSA) is 25.8 Å². The van der Waals surface area contributed by atoms with Gasteiger partial charge < -0.3 is 0 Å². The minimum Gasteiger partial charge on any atom is -0.228 e. The average Bonchev–Trinajstić information content (AvgIpc) is 3.46. The summed E-state index contributed by atoms with van der Waals surface area (Å²) in [6.45, 7) is 4.77. The van der Waals surface area contributed by atoms with Gasteiger partial charge in [0.15, 0.2) is 5.82 Å². The molecule has 0 unspecified atom stereocenters. The largest absolute Gasteiger partial charge is 0.228 e. The molecule has 2 nitrogen and oxygen atoms in total. The van der Waals surface area contributed by atoms with Crippen molar-refractivity contribution in [3.63, 3.8) is 0 Å². The first-order valence-corrected chi connectivity index (χ1v) is 19.1. The quantitative estimate of drug-likeness (QED) is 0.183. The van der Waals surface area contributed by atoms with Crippen LogP contribution in [0, 0.1) is 0 Å². The molecule has 0 amide bonds. The second kappa shape index (κ2) is 12.1. The van der Waals surface area contributed by atoms with Crippen molar-refractivity contribution < 1.29 is 0 Å². The van der Waals surface area contributed by atoms with E-state index in [1.165, 1.54) is 71.1 Å². The number of rotatable bonds is 4. The minimum absolute atomic E-state index is 0.172. The molecular weight excluding hydrogens is 665 g/mol. The lowest BCUT2D eigenvalue weighted by Crippen LogP contribution is -2.16. The van der Waals surface area contributed by atoms with Crippen LogP contribution in [0.5, 0.6) is 0 Å². The third-order valence-corrected chi connectivity index (χ3v) is 11.9. The van der Waals surface area contributed by atoms with Crippen LogP contribution in [0.4, 0.5) is 0 Å². The summed E-state index contributed by atoms with van der Waals surface area (Å²) in [6, 6.07) is 65.9. The van der Waals surface area contributed by atoms with Gasteiger partial charge in [-0.2, -0.15) is 0 Å². The molecular formula is C53H36N2. The maximum absolute atomic E-state index is 5.41. The van der Waals surface area contributed by atoms with E-state index in [4.69, 9.17) is 9.97 Å². The molecule has 1 aromatic heterocycles. The average molecular weight is 701 g/mol. The zero-order valence-electron chi connectivity index (χ0n) is 30.7. The van der Waals surface area contributed by atoms with Gasteiger partial charge >= 0.3 is 0 Å². The van der Waals surface area contributed by atoms with Gasteiger partial charge in [-0.1, -0.05) is 172 Å². The van der Waals surface area contributed by atoms with E-state index < -0.39 is 0 Å². The number of hydrogen-bond donors (Lipinski definition) is 0. The van der Waals surface area contributed by atoms with Gasteiger partial charge in [-0.15, -0.1) is 0 Å². The van der Waals surface area contributed by atoms with Crippen LogP contribution in [0.25, 0.3) is 99.2 Å². The molecule has 0 N–H and O–H groups in total. The highest BCUT2D eigenvalue weighted by Crippen LogP contribution is 2.54. The molecule has 2 heteroatoms. The minimum atomic E-state index is -0.172. The predicted molar refractivity (Wildman–Crippen MR) is 231 cm³/mol. The number of benzene rings is 9. The van der Waals surface area contributed by atoms with E-state index in [0.717, 1.165) is 33.5 Å². The lowest BCUT2D eigenvalue weighted by molar-refractivity contribution is 0.663. The Balaban J connectivity index is 1.14. The molecule has 1 aliphatic carbocycles. The fraction of sp³-hybridized carbons (Fsp3) is 0.0566. The van der Waals surface area contributed by atoms with Crippen LogP contribution < -0.4 is 0 Å². The van der Waals surface area contributed by atoms with Crippen LogP contribution in [-0.2, 0) is 5.41 Å². The lowest BCUT2D eigenvalue weighted by Gasteiger charge is -2.25. The zero-order chi connectivity index (χ0) is 36.7. The van der Waals surface area contributed by atoms with Crippen molar-refractivity contribution in [2.24, 2.45) is 0 Å². The van der Waals surface area contributed by atoms with E-state index >= 15 is 0 Å². The monoisotopic (exact) mass is 700 g/mol. The molecule has 258 valence electrons. The van der Waals surface area contributed by atoms with Gasteiger partial charge in [-0.3, -0.25) is 0 Å². The summed E-state index contributed by atoms with van der Waals surface area (Å²) >= 11 is 0. The highest BCUT2D eigenvalue weighted by atomic mass is 14.9. The van der Waals surface area contributed by atoms with Crippen LogP contribution in [0.1, 0.15) is 25.0 Å². The fourth-order valence-electron chi connectivity index (χ4n) is 9.26. The summed E-state index contributed by atoms with van der Waals surface area (Å²) in [7, 11) is 0. The number of aromatic nitrogens is 2. The van der Waals surface area contributed by atoms with Crippen molar-refractivity contribution in [2.75, 3.05) is 0 Å². The third kappa shape index (κ3) is 4.88. The first-order valence-electron chi connectivity index (χ1n) is 19.1. The van der Waals surface area contributed by atoms with Crippen LogP contribution in [0.3, 0.4) is 0 Å². The molecule has 1 heterocycles. The Morgan fingerprint density at radius 3 is 1.38 bits per heavy atom.